The Hall–Kier alpha value is -2.88. The van der Waals surface area contributed by atoms with Crippen LogP contribution in [0.25, 0.3) is 22.0 Å². The maximum atomic E-state index is 12.2. The standard InChI is InChI=1S/C24H25N3O/c28-24(18-5-6-18)27-13-11-22(12-14-27)26-21-9-7-17(8-10-21)20-15-19-3-1-2-4-23(19)25-16-20/h1-4,7-10,15-16,18,22,26H,5-6,11-14H2. The van der Waals surface area contributed by atoms with Crippen molar-refractivity contribution in [1.82, 2.24) is 9.88 Å². The molecule has 0 unspecified atom stereocenters. The van der Waals surface area contributed by atoms with Crippen molar-refractivity contribution in [3.63, 3.8) is 0 Å². The van der Waals surface area contributed by atoms with E-state index >= 15 is 0 Å². The van der Waals surface area contributed by atoms with Crippen molar-refractivity contribution in [2.75, 3.05) is 18.4 Å². The minimum absolute atomic E-state index is 0.335. The van der Waals surface area contributed by atoms with E-state index in [4.69, 9.17) is 0 Å². The molecule has 142 valence electrons. The molecule has 4 heteroatoms. The van der Waals surface area contributed by atoms with Gasteiger partial charge in [0.25, 0.3) is 0 Å². The molecule has 0 bridgehead atoms. The fourth-order valence-corrected chi connectivity index (χ4v) is 4.06. The van der Waals surface area contributed by atoms with Gasteiger partial charge < -0.3 is 10.2 Å². The summed E-state index contributed by atoms with van der Waals surface area (Å²) in [4.78, 5) is 18.8. The maximum Gasteiger partial charge on any atom is 0.225 e. The van der Waals surface area contributed by atoms with E-state index < -0.39 is 0 Å². The number of pyridine rings is 1. The van der Waals surface area contributed by atoms with Crippen LogP contribution < -0.4 is 5.32 Å². The van der Waals surface area contributed by atoms with E-state index in [2.05, 4.69) is 51.6 Å². The molecule has 0 radical (unpaired) electrons. The summed E-state index contributed by atoms with van der Waals surface area (Å²) in [6.45, 7) is 1.77. The number of para-hydroxylation sites is 1. The van der Waals surface area contributed by atoms with E-state index in [0.29, 0.717) is 17.9 Å². The van der Waals surface area contributed by atoms with Gasteiger partial charge >= 0.3 is 0 Å². The number of hydrogen-bond acceptors (Lipinski definition) is 3. The molecule has 4 nitrogen and oxygen atoms in total. The number of benzene rings is 2. The first kappa shape index (κ1) is 17.2. The number of carbonyl (C=O) groups is 1. The molecule has 0 atom stereocenters. The number of amides is 1. The van der Waals surface area contributed by atoms with E-state index in [1.54, 1.807) is 0 Å². The van der Waals surface area contributed by atoms with Gasteiger partial charge in [0.15, 0.2) is 0 Å². The molecule has 2 fully saturated rings. The summed E-state index contributed by atoms with van der Waals surface area (Å²) in [7, 11) is 0. The molecule has 1 amide bonds. The Morgan fingerprint density at radius 2 is 1.68 bits per heavy atom. The first-order valence-electron chi connectivity index (χ1n) is 10.3. The molecule has 2 aromatic carbocycles. The molecule has 1 aliphatic heterocycles. The summed E-state index contributed by atoms with van der Waals surface area (Å²) >= 11 is 0. The topological polar surface area (TPSA) is 45.2 Å². The number of hydrogen-bond donors (Lipinski definition) is 1. The van der Waals surface area contributed by atoms with E-state index in [9.17, 15) is 4.79 Å². The number of nitrogens with zero attached hydrogens (tertiary/aromatic N) is 2. The number of nitrogens with one attached hydrogen (secondary N) is 1. The van der Waals surface area contributed by atoms with Gasteiger partial charge in [0.2, 0.25) is 5.91 Å². The summed E-state index contributed by atoms with van der Waals surface area (Å²) in [5.41, 5.74) is 4.48. The number of carbonyl (C=O) groups excluding carboxylic acids is 1. The lowest BCUT2D eigenvalue weighted by atomic mass is 10.0. The third-order valence-electron chi connectivity index (χ3n) is 5.91. The smallest absolute Gasteiger partial charge is 0.225 e. The van der Waals surface area contributed by atoms with Crippen molar-refractivity contribution >= 4 is 22.5 Å². The molecule has 1 N–H and O–H groups in total. The molecular formula is C24H25N3O. The first-order valence-corrected chi connectivity index (χ1v) is 10.3. The Labute approximate surface area is 165 Å². The van der Waals surface area contributed by atoms with Crippen LogP contribution in [0.2, 0.25) is 0 Å². The average molecular weight is 371 g/mol. The zero-order valence-electron chi connectivity index (χ0n) is 16.0. The van der Waals surface area contributed by atoms with Crippen LogP contribution in [-0.4, -0.2) is 34.9 Å². The molecule has 3 aromatic rings. The molecule has 1 saturated heterocycles. The lowest BCUT2D eigenvalue weighted by Crippen LogP contribution is -2.43. The van der Waals surface area contributed by atoms with Crippen LogP contribution in [0.15, 0.2) is 60.8 Å². The van der Waals surface area contributed by atoms with Crippen LogP contribution in [0, 0.1) is 5.92 Å². The summed E-state index contributed by atoms with van der Waals surface area (Å²) in [5, 5.41) is 4.80. The second-order valence-corrected chi connectivity index (χ2v) is 8.01. The highest BCUT2D eigenvalue weighted by molar-refractivity contribution is 5.83. The van der Waals surface area contributed by atoms with Gasteiger partial charge in [-0.25, -0.2) is 0 Å². The highest BCUT2D eigenvalue weighted by Gasteiger charge is 2.34. The molecular weight excluding hydrogens is 346 g/mol. The zero-order chi connectivity index (χ0) is 18.9. The van der Waals surface area contributed by atoms with Gasteiger partial charge in [0.1, 0.15) is 0 Å². The Morgan fingerprint density at radius 3 is 2.43 bits per heavy atom. The van der Waals surface area contributed by atoms with E-state index in [1.807, 2.05) is 24.4 Å². The zero-order valence-corrected chi connectivity index (χ0v) is 16.0. The average Bonchev–Trinajstić information content (AvgIpc) is 3.59. The number of aromatic nitrogens is 1. The van der Waals surface area contributed by atoms with Crippen LogP contribution in [0.4, 0.5) is 5.69 Å². The van der Waals surface area contributed by atoms with Crippen LogP contribution in [0.3, 0.4) is 0 Å². The van der Waals surface area contributed by atoms with Gasteiger partial charge in [-0.2, -0.15) is 0 Å². The fourth-order valence-electron chi connectivity index (χ4n) is 4.06. The van der Waals surface area contributed by atoms with Crippen LogP contribution >= 0.6 is 0 Å². The summed E-state index contributed by atoms with van der Waals surface area (Å²) < 4.78 is 0. The Bertz CT molecular complexity index is 986. The Morgan fingerprint density at radius 1 is 0.929 bits per heavy atom. The largest absolute Gasteiger partial charge is 0.382 e. The van der Waals surface area contributed by atoms with Crippen molar-refractivity contribution in [2.24, 2.45) is 5.92 Å². The summed E-state index contributed by atoms with van der Waals surface area (Å²) in [5.74, 6) is 0.716. The van der Waals surface area contributed by atoms with Crippen LogP contribution in [-0.2, 0) is 4.79 Å². The van der Waals surface area contributed by atoms with Crippen LogP contribution in [0.1, 0.15) is 25.7 Å². The molecule has 1 saturated carbocycles. The number of rotatable bonds is 4. The predicted molar refractivity (Wildman–Crippen MR) is 113 cm³/mol. The maximum absolute atomic E-state index is 12.2. The third kappa shape index (κ3) is 3.59. The number of anilines is 1. The monoisotopic (exact) mass is 371 g/mol. The summed E-state index contributed by atoms with van der Waals surface area (Å²) in [6.07, 6.45) is 6.17. The highest BCUT2D eigenvalue weighted by atomic mass is 16.2. The quantitative estimate of drug-likeness (QED) is 0.722. The lowest BCUT2D eigenvalue weighted by molar-refractivity contribution is -0.133. The van der Waals surface area contributed by atoms with E-state index in [0.717, 1.165) is 60.9 Å². The minimum Gasteiger partial charge on any atom is -0.382 e. The third-order valence-corrected chi connectivity index (χ3v) is 5.91. The summed E-state index contributed by atoms with van der Waals surface area (Å²) in [6, 6.07) is 19.4. The molecule has 0 spiro atoms. The number of piperidine rings is 1. The Balaban J connectivity index is 1.22. The molecule has 2 aliphatic rings. The lowest BCUT2D eigenvalue weighted by Gasteiger charge is -2.33. The van der Waals surface area contributed by atoms with Crippen molar-refractivity contribution in [2.45, 2.75) is 31.7 Å². The van der Waals surface area contributed by atoms with Crippen molar-refractivity contribution in [3.05, 3.63) is 60.8 Å². The van der Waals surface area contributed by atoms with Gasteiger partial charge in [-0.15, -0.1) is 0 Å². The highest BCUT2D eigenvalue weighted by Crippen LogP contribution is 2.32. The van der Waals surface area contributed by atoms with Crippen molar-refractivity contribution < 1.29 is 4.79 Å². The van der Waals surface area contributed by atoms with Crippen molar-refractivity contribution in [3.8, 4) is 11.1 Å². The van der Waals surface area contributed by atoms with Gasteiger partial charge in [0.05, 0.1) is 5.52 Å². The van der Waals surface area contributed by atoms with Gasteiger partial charge in [-0.1, -0.05) is 30.3 Å². The molecule has 28 heavy (non-hydrogen) atoms. The van der Waals surface area contributed by atoms with Crippen molar-refractivity contribution in [1.29, 1.82) is 0 Å². The van der Waals surface area contributed by atoms with Gasteiger partial charge in [-0.05, 0) is 55.5 Å². The molecule has 1 aromatic heterocycles. The minimum atomic E-state index is 0.335. The predicted octanol–water partition coefficient (Wildman–Crippen LogP) is 4.71. The second kappa shape index (κ2) is 7.27. The second-order valence-electron chi connectivity index (χ2n) is 8.01. The first-order chi connectivity index (χ1) is 13.8. The SMILES string of the molecule is O=C(C1CC1)N1CCC(Nc2ccc(-c3cnc4ccccc4c3)cc2)CC1. The number of fused-ring (bicyclic) bond motifs is 1. The molecule has 5 rings (SSSR count). The Kier molecular flexibility index (Phi) is 4.47. The normalized spacial score (nSPS) is 17.6. The number of likely N-dealkylation sites (tertiary alicyclic amines) is 1. The van der Waals surface area contributed by atoms with Gasteiger partial charge in [0, 0.05) is 47.9 Å². The van der Waals surface area contributed by atoms with Crippen LogP contribution in [0.5, 0.6) is 0 Å². The fraction of sp³-hybridized carbons (Fsp3) is 0.333. The molecule has 1 aliphatic carbocycles. The van der Waals surface area contributed by atoms with E-state index in [1.165, 1.54) is 5.56 Å². The molecule has 2 heterocycles. The van der Waals surface area contributed by atoms with Gasteiger partial charge in [-0.3, -0.25) is 9.78 Å². The van der Waals surface area contributed by atoms with E-state index in [-0.39, 0.29) is 0 Å².